The van der Waals surface area contributed by atoms with E-state index in [9.17, 15) is 4.79 Å². The highest BCUT2D eigenvalue weighted by atomic mass is 16.5. The Balaban J connectivity index is 2.04. The summed E-state index contributed by atoms with van der Waals surface area (Å²) in [4.78, 5) is 10.8. The first kappa shape index (κ1) is 8.75. The number of aliphatic hydroxyl groups is 1. The third kappa shape index (κ3) is 1.37. The van der Waals surface area contributed by atoms with Crippen LogP contribution in [0.3, 0.4) is 0 Å². The predicted molar refractivity (Wildman–Crippen MR) is 46.9 cm³/mol. The van der Waals surface area contributed by atoms with E-state index in [2.05, 4.69) is 12.2 Å². The normalized spacial score (nSPS) is 41.1. The van der Waals surface area contributed by atoms with Gasteiger partial charge in [0.1, 0.15) is 6.10 Å². The molecule has 0 heterocycles. The number of fused-ring (bicyclic) bond motifs is 2. The van der Waals surface area contributed by atoms with Gasteiger partial charge in [-0.1, -0.05) is 12.2 Å². The van der Waals surface area contributed by atoms with Gasteiger partial charge in [-0.25, -0.2) is 0 Å². The Morgan fingerprint density at radius 3 is 2.92 bits per heavy atom. The zero-order valence-corrected chi connectivity index (χ0v) is 7.64. The van der Waals surface area contributed by atoms with Crippen molar-refractivity contribution in [1.82, 2.24) is 0 Å². The van der Waals surface area contributed by atoms with Crippen LogP contribution in [-0.2, 0) is 9.53 Å². The van der Waals surface area contributed by atoms with E-state index in [0.29, 0.717) is 5.92 Å². The van der Waals surface area contributed by atoms with Crippen LogP contribution in [0, 0.1) is 17.8 Å². The summed E-state index contributed by atoms with van der Waals surface area (Å²) in [7, 11) is 0. The zero-order valence-electron chi connectivity index (χ0n) is 7.64. The lowest BCUT2D eigenvalue weighted by molar-refractivity contribution is -0.147. The molecular weight excluding hydrogens is 168 g/mol. The molecule has 0 aromatic heterocycles. The van der Waals surface area contributed by atoms with Gasteiger partial charge in [0.15, 0.2) is 0 Å². The van der Waals surface area contributed by atoms with Gasteiger partial charge in [-0.15, -0.1) is 0 Å². The topological polar surface area (TPSA) is 46.5 Å². The lowest BCUT2D eigenvalue weighted by atomic mass is 9.97. The molecule has 0 aromatic carbocycles. The van der Waals surface area contributed by atoms with Crippen LogP contribution in [0.4, 0.5) is 0 Å². The Hall–Kier alpha value is -0.830. The second-order valence-corrected chi connectivity index (χ2v) is 3.86. The van der Waals surface area contributed by atoms with Crippen LogP contribution in [0.2, 0.25) is 0 Å². The first-order valence-electron chi connectivity index (χ1n) is 4.68. The van der Waals surface area contributed by atoms with Crippen molar-refractivity contribution in [1.29, 1.82) is 0 Å². The molecule has 0 unspecified atom stereocenters. The lowest BCUT2D eigenvalue weighted by Gasteiger charge is -2.18. The molecule has 0 spiro atoms. The van der Waals surface area contributed by atoms with Gasteiger partial charge >= 0.3 is 5.97 Å². The average molecular weight is 182 g/mol. The molecule has 0 saturated heterocycles. The van der Waals surface area contributed by atoms with Crippen LogP contribution >= 0.6 is 0 Å². The molecule has 13 heavy (non-hydrogen) atoms. The van der Waals surface area contributed by atoms with Crippen LogP contribution in [0.1, 0.15) is 13.3 Å². The van der Waals surface area contributed by atoms with Gasteiger partial charge in [-0.2, -0.15) is 0 Å². The molecule has 2 bridgehead atoms. The fourth-order valence-corrected chi connectivity index (χ4v) is 2.52. The first-order valence-corrected chi connectivity index (χ1v) is 4.68. The number of aliphatic hydroxyl groups excluding tert-OH is 1. The summed E-state index contributed by atoms with van der Waals surface area (Å²) < 4.78 is 5.18. The van der Waals surface area contributed by atoms with E-state index < -0.39 is 0 Å². The van der Waals surface area contributed by atoms with Gasteiger partial charge < -0.3 is 9.84 Å². The molecule has 72 valence electrons. The van der Waals surface area contributed by atoms with Gasteiger partial charge in [0.2, 0.25) is 0 Å². The first-order chi connectivity index (χ1) is 6.22. The summed E-state index contributed by atoms with van der Waals surface area (Å²) >= 11 is 0. The number of rotatable bonds is 2. The standard InChI is InChI=1S/C10H14O3/c1-6(12)13-10-4-7-2-3-8(10)9(7)5-11/h2-3,7-11H,4-5H2,1H3/t7-,8-,9+,10+/m1/s1. The van der Waals surface area contributed by atoms with Crippen molar-refractivity contribution in [3.05, 3.63) is 12.2 Å². The molecule has 2 aliphatic rings. The van der Waals surface area contributed by atoms with Crippen molar-refractivity contribution in [3.8, 4) is 0 Å². The predicted octanol–water partition coefficient (Wildman–Crippen LogP) is 0.732. The zero-order chi connectivity index (χ0) is 9.42. The molecule has 0 aliphatic heterocycles. The van der Waals surface area contributed by atoms with Gasteiger partial charge in [0.05, 0.1) is 0 Å². The summed E-state index contributed by atoms with van der Waals surface area (Å²) in [5, 5.41) is 9.12. The number of hydrogen-bond acceptors (Lipinski definition) is 3. The monoisotopic (exact) mass is 182 g/mol. The molecule has 1 fully saturated rings. The largest absolute Gasteiger partial charge is 0.462 e. The van der Waals surface area contributed by atoms with E-state index in [-0.39, 0.29) is 30.5 Å². The highest BCUT2D eigenvalue weighted by Gasteiger charge is 2.45. The molecule has 3 heteroatoms. The number of carbonyl (C=O) groups is 1. The van der Waals surface area contributed by atoms with Crippen LogP contribution in [0.15, 0.2) is 12.2 Å². The van der Waals surface area contributed by atoms with Crippen LogP contribution in [0.25, 0.3) is 0 Å². The Kier molecular flexibility index (Phi) is 2.12. The third-order valence-electron chi connectivity index (χ3n) is 3.09. The van der Waals surface area contributed by atoms with Crippen molar-refractivity contribution in [3.63, 3.8) is 0 Å². The van der Waals surface area contributed by atoms with Gasteiger partial charge in [0, 0.05) is 19.4 Å². The van der Waals surface area contributed by atoms with Gasteiger partial charge in [-0.3, -0.25) is 4.79 Å². The van der Waals surface area contributed by atoms with E-state index in [4.69, 9.17) is 9.84 Å². The highest BCUT2D eigenvalue weighted by molar-refractivity contribution is 5.66. The second kappa shape index (κ2) is 3.14. The molecule has 3 nitrogen and oxygen atoms in total. The molecule has 2 rings (SSSR count). The molecular formula is C10H14O3. The van der Waals surface area contributed by atoms with Crippen molar-refractivity contribution in [2.24, 2.45) is 17.8 Å². The van der Waals surface area contributed by atoms with Crippen molar-refractivity contribution < 1.29 is 14.6 Å². The SMILES string of the molecule is CC(=O)O[C@H]1C[C@H]2C=C[C@@H]1[C@H]2CO. The van der Waals surface area contributed by atoms with Gasteiger partial charge in [0.25, 0.3) is 0 Å². The second-order valence-electron chi connectivity index (χ2n) is 3.86. The molecule has 0 aromatic rings. The molecule has 0 amide bonds. The van der Waals surface area contributed by atoms with Gasteiger partial charge in [-0.05, 0) is 18.3 Å². The number of carbonyl (C=O) groups excluding carboxylic acids is 1. The highest BCUT2D eigenvalue weighted by Crippen LogP contribution is 2.45. The quantitative estimate of drug-likeness (QED) is 0.506. The number of esters is 1. The van der Waals surface area contributed by atoms with E-state index in [0.717, 1.165) is 6.42 Å². The number of allylic oxidation sites excluding steroid dienone is 1. The van der Waals surface area contributed by atoms with E-state index in [1.54, 1.807) is 0 Å². The van der Waals surface area contributed by atoms with E-state index in [1.807, 2.05) is 0 Å². The number of ether oxygens (including phenoxy) is 1. The average Bonchev–Trinajstić information content (AvgIpc) is 2.58. The number of hydrogen-bond donors (Lipinski definition) is 1. The Bertz CT molecular complexity index is 247. The van der Waals surface area contributed by atoms with E-state index >= 15 is 0 Å². The fraction of sp³-hybridized carbons (Fsp3) is 0.700. The lowest BCUT2D eigenvalue weighted by Crippen LogP contribution is -2.23. The third-order valence-corrected chi connectivity index (χ3v) is 3.09. The fourth-order valence-electron chi connectivity index (χ4n) is 2.52. The Morgan fingerprint density at radius 1 is 1.62 bits per heavy atom. The van der Waals surface area contributed by atoms with Crippen molar-refractivity contribution >= 4 is 5.97 Å². The van der Waals surface area contributed by atoms with Crippen LogP contribution in [0.5, 0.6) is 0 Å². The maximum absolute atomic E-state index is 10.8. The molecule has 0 radical (unpaired) electrons. The van der Waals surface area contributed by atoms with E-state index in [1.165, 1.54) is 6.92 Å². The maximum Gasteiger partial charge on any atom is 0.302 e. The van der Waals surface area contributed by atoms with Crippen molar-refractivity contribution in [2.75, 3.05) is 6.61 Å². The smallest absolute Gasteiger partial charge is 0.302 e. The minimum absolute atomic E-state index is 0.00431. The maximum atomic E-state index is 10.8. The summed E-state index contributed by atoms with van der Waals surface area (Å²) in [6, 6.07) is 0. The Morgan fingerprint density at radius 2 is 2.38 bits per heavy atom. The molecule has 4 atom stereocenters. The molecule has 2 aliphatic carbocycles. The minimum atomic E-state index is -0.220. The minimum Gasteiger partial charge on any atom is -0.462 e. The summed E-state index contributed by atoms with van der Waals surface area (Å²) in [5.41, 5.74) is 0. The Labute approximate surface area is 77.4 Å². The summed E-state index contributed by atoms with van der Waals surface area (Å²) in [6.07, 6.45) is 5.09. The van der Waals surface area contributed by atoms with Crippen LogP contribution < -0.4 is 0 Å². The molecule has 1 saturated carbocycles. The van der Waals surface area contributed by atoms with Crippen molar-refractivity contribution in [2.45, 2.75) is 19.4 Å². The van der Waals surface area contributed by atoms with Crippen LogP contribution in [-0.4, -0.2) is 23.8 Å². The summed E-state index contributed by atoms with van der Waals surface area (Å²) in [5.74, 6) is 0.727. The summed E-state index contributed by atoms with van der Waals surface area (Å²) in [6.45, 7) is 1.63. The molecule has 1 N–H and O–H groups in total.